The Hall–Kier alpha value is -0.870. The molecule has 1 atom stereocenters. The molecule has 0 aliphatic carbocycles. The van der Waals surface area contributed by atoms with E-state index in [1.807, 2.05) is 12.1 Å². The lowest BCUT2D eigenvalue weighted by Gasteiger charge is -2.02. The molecule has 0 aromatic carbocycles. The number of carbonyl (C=O) groups excluding carboxylic acids is 1. The molecule has 0 aliphatic rings. The topological polar surface area (TPSA) is 56.0 Å². The molecule has 0 aliphatic heterocycles. The quantitative estimate of drug-likeness (QED) is 0.550. The fourth-order valence-corrected chi connectivity index (χ4v) is 1.44. The van der Waals surface area contributed by atoms with E-state index in [2.05, 4.69) is 4.98 Å². The highest BCUT2D eigenvalue weighted by molar-refractivity contribution is 7.99. The zero-order valence-electron chi connectivity index (χ0n) is 6.51. The van der Waals surface area contributed by atoms with E-state index in [0.29, 0.717) is 5.75 Å². The van der Waals surface area contributed by atoms with E-state index < -0.39 is 0 Å². The Morgan fingerprint density at radius 3 is 2.83 bits per heavy atom. The maximum absolute atomic E-state index is 10.2. The Labute approximate surface area is 75.4 Å². The van der Waals surface area contributed by atoms with Crippen molar-refractivity contribution in [2.24, 2.45) is 5.73 Å². The number of hydrogen-bond donors (Lipinski definition) is 1. The molecule has 1 aromatic heterocycles. The first-order valence-corrected chi connectivity index (χ1v) is 4.55. The molecule has 0 saturated heterocycles. The lowest BCUT2D eigenvalue weighted by molar-refractivity contribution is -0.108. The van der Waals surface area contributed by atoms with Crippen molar-refractivity contribution in [2.45, 2.75) is 10.9 Å². The minimum Gasteiger partial charge on any atom is -0.321 e. The molecule has 64 valence electrons. The van der Waals surface area contributed by atoms with Crippen molar-refractivity contribution < 1.29 is 4.79 Å². The van der Waals surface area contributed by atoms with Crippen molar-refractivity contribution in [2.75, 3.05) is 5.75 Å². The fraction of sp³-hybridized carbons (Fsp3) is 0.250. The molecule has 1 aromatic rings. The third-order valence-electron chi connectivity index (χ3n) is 1.27. The second-order valence-corrected chi connectivity index (χ2v) is 3.39. The minimum absolute atomic E-state index is 0.372. The molecule has 1 unspecified atom stereocenters. The average Bonchev–Trinajstić information content (AvgIpc) is 2.16. The monoisotopic (exact) mass is 182 g/mol. The predicted octanol–water partition coefficient (Wildman–Crippen LogP) is 0.700. The molecule has 3 nitrogen and oxygen atoms in total. The van der Waals surface area contributed by atoms with Gasteiger partial charge in [0.1, 0.15) is 6.29 Å². The number of nitrogens with zero attached hydrogens (tertiary/aromatic N) is 1. The Morgan fingerprint density at radius 1 is 1.58 bits per heavy atom. The molecule has 2 N–H and O–H groups in total. The third-order valence-corrected chi connectivity index (χ3v) is 2.42. The number of pyridine rings is 1. The van der Waals surface area contributed by atoms with Crippen LogP contribution in [0.5, 0.6) is 0 Å². The van der Waals surface area contributed by atoms with Crippen molar-refractivity contribution in [3.63, 3.8) is 0 Å². The summed E-state index contributed by atoms with van der Waals surface area (Å²) in [6.07, 6.45) is 4.19. The Kier molecular flexibility index (Phi) is 3.76. The number of nitrogens with two attached hydrogens (primary N) is 1. The summed E-state index contributed by atoms with van der Waals surface area (Å²) >= 11 is 1.56. The molecular formula is C8H10N2OS. The number of hydrogen-bond acceptors (Lipinski definition) is 4. The maximum atomic E-state index is 10.2. The van der Waals surface area contributed by atoms with Gasteiger partial charge in [-0.3, -0.25) is 4.98 Å². The van der Waals surface area contributed by atoms with Crippen molar-refractivity contribution in [3.05, 3.63) is 24.5 Å². The van der Waals surface area contributed by atoms with E-state index in [4.69, 9.17) is 5.73 Å². The van der Waals surface area contributed by atoms with Crippen LogP contribution in [0, 0.1) is 0 Å². The van der Waals surface area contributed by atoms with Crippen LogP contribution in [0.15, 0.2) is 29.4 Å². The van der Waals surface area contributed by atoms with Gasteiger partial charge in [0.25, 0.3) is 0 Å². The van der Waals surface area contributed by atoms with Gasteiger partial charge in [-0.25, -0.2) is 0 Å². The lowest BCUT2D eigenvalue weighted by atomic mass is 10.4. The maximum Gasteiger partial charge on any atom is 0.137 e. The fourth-order valence-electron chi connectivity index (χ4n) is 0.666. The van der Waals surface area contributed by atoms with E-state index in [1.54, 1.807) is 24.2 Å². The van der Waals surface area contributed by atoms with Gasteiger partial charge < -0.3 is 10.5 Å². The molecule has 0 amide bonds. The molecule has 0 fully saturated rings. The normalized spacial score (nSPS) is 12.4. The molecule has 4 heteroatoms. The zero-order valence-corrected chi connectivity index (χ0v) is 7.33. The molecule has 12 heavy (non-hydrogen) atoms. The second kappa shape index (κ2) is 4.90. The van der Waals surface area contributed by atoms with Crippen molar-refractivity contribution in [1.29, 1.82) is 0 Å². The van der Waals surface area contributed by atoms with Crippen LogP contribution in [0.4, 0.5) is 0 Å². The van der Waals surface area contributed by atoms with Crippen LogP contribution in [-0.2, 0) is 4.79 Å². The molecular weight excluding hydrogens is 172 g/mol. The van der Waals surface area contributed by atoms with E-state index in [1.165, 1.54) is 0 Å². The molecule has 0 spiro atoms. The van der Waals surface area contributed by atoms with Crippen LogP contribution in [0.3, 0.4) is 0 Å². The van der Waals surface area contributed by atoms with E-state index in [0.717, 1.165) is 11.2 Å². The number of carbonyl (C=O) groups is 1. The van der Waals surface area contributed by atoms with Crippen LogP contribution in [0.25, 0.3) is 0 Å². The molecule has 1 rings (SSSR count). The lowest BCUT2D eigenvalue weighted by Crippen LogP contribution is -2.23. The summed E-state index contributed by atoms with van der Waals surface area (Å²) in [5, 5.41) is 0. The number of aromatic nitrogens is 1. The van der Waals surface area contributed by atoms with Gasteiger partial charge in [0.2, 0.25) is 0 Å². The number of thioether (sulfide) groups is 1. The first-order chi connectivity index (χ1) is 5.83. The van der Waals surface area contributed by atoms with E-state index in [-0.39, 0.29) is 6.04 Å². The standard InChI is InChI=1S/C8H10N2OS/c9-7(5-11)6-12-8-1-3-10-4-2-8/h1-5,7H,6,9H2. The van der Waals surface area contributed by atoms with Gasteiger partial charge in [0.15, 0.2) is 0 Å². The second-order valence-electron chi connectivity index (χ2n) is 2.29. The van der Waals surface area contributed by atoms with Gasteiger partial charge in [-0.05, 0) is 12.1 Å². The number of rotatable bonds is 4. The third kappa shape index (κ3) is 3.02. The van der Waals surface area contributed by atoms with Crippen molar-refractivity contribution in [3.8, 4) is 0 Å². The Balaban J connectivity index is 2.38. The molecule has 0 saturated carbocycles. The van der Waals surface area contributed by atoms with Crippen LogP contribution >= 0.6 is 11.8 Å². The summed E-state index contributed by atoms with van der Waals surface area (Å²) < 4.78 is 0. The smallest absolute Gasteiger partial charge is 0.137 e. The van der Waals surface area contributed by atoms with Gasteiger partial charge in [-0.2, -0.15) is 0 Å². The number of aldehydes is 1. The van der Waals surface area contributed by atoms with Gasteiger partial charge in [0.05, 0.1) is 6.04 Å². The first kappa shape index (κ1) is 9.22. The summed E-state index contributed by atoms with van der Waals surface area (Å²) in [4.78, 5) is 15.1. The van der Waals surface area contributed by atoms with Gasteiger partial charge in [-0.15, -0.1) is 11.8 Å². The highest BCUT2D eigenvalue weighted by atomic mass is 32.2. The van der Waals surface area contributed by atoms with Gasteiger partial charge in [0, 0.05) is 23.0 Å². The summed E-state index contributed by atoms with van der Waals surface area (Å²) in [6.45, 7) is 0. The van der Waals surface area contributed by atoms with Crippen LogP contribution in [-0.4, -0.2) is 23.1 Å². The summed E-state index contributed by atoms with van der Waals surface area (Å²) in [6, 6.07) is 3.41. The Bertz CT molecular complexity index is 240. The van der Waals surface area contributed by atoms with E-state index in [9.17, 15) is 4.79 Å². The van der Waals surface area contributed by atoms with Gasteiger partial charge in [-0.1, -0.05) is 0 Å². The minimum atomic E-state index is -0.372. The van der Waals surface area contributed by atoms with Crippen LogP contribution < -0.4 is 5.73 Å². The first-order valence-electron chi connectivity index (χ1n) is 3.56. The summed E-state index contributed by atoms with van der Waals surface area (Å²) in [7, 11) is 0. The van der Waals surface area contributed by atoms with Crippen LogP contribution in [0.2, 0.25) is 0 Å². The molecule has 1 heterocycles. The Morgan fingerprint density at radius 2 is 2.25 bits per heavy atom. The molecule has 0 radical (unpaired) electrons. The predicted molar refractivity (Wildman–Crippen MR) is 49.0 cm³/mol. The zero-order chi connectivity index (χ0) is 8.81. The highest BCUT2D eigenvalue weighted by Gasteiger charge is 2.00. The summed E-state index contributed by atoms with van der Waals surface area (Å²) in [5.41, 5.74) is 5.42. The SMILES string of the molecule is NC(C=O)CSc1ccncc1. The summed E-state index contributed by atoms with van der Waals surface area (Å²) in [5.74, 6) is 0.619. The highest BCUT2D eigenvalue weighted by Crippen LogP contribution is 2.15. The van der Waals surface area contributed by atoms with Crippen molar-refractivity contribution in [1.82, 2.24) is 4.98 Å². The van der Waals surface area contributed by atoms with Crippen molar-refractivity contribution >= 4 is 18.0 Å². The van der Waals surface area contributed by atoms with Gasteiger partial charge >= 0.3 is 0 Å². The van der Waals surface area contributed by atoms with E-state index >= 15 is 0 Å². The largest absolute Gasteiger partial charge is 0.321 e. The molecule has 0 bridgehead atoms. The average molecular weight is 182 g/mol. The van der Waals surface area contributed by atoms with Crippen LogP contribution in [0.1, 0.15) is 0 Å².